The van der Waals surface area contributed by atoms with Gasteiger partial charge in [0.2, 0.25) is 0 Å². The summed E-state index contributed by atoms with van der Waals surface area (Å²) in [4.78, 5) is 7.81. The lowest BCUT2D eigenvalue weighted by atomic mass is 9.81. The minimum atomic E-state index is -1.89. The molecule has 5 rings (SSSR count). The van der Waals surface area contributed by atoms with Gasteiger partial charge in [0.1, 0.15) is 11.8 Å². The van der Waals surface area contributed by atoms with Crippen molar-refractivity contribution in [1.29, 1.82) is 0 Å². The average Bonchev–Trinajstić information content (AvgIpc) is 2.78. The first kappa shape index (κ1) is 20.4. The van der Waals surface area contributed by atoms with E-state index in [2.05, 4.69) is 16.0 Å². The highest BCUT2D eigenvalue weighted by molar-refractivity contribution is 6.03. The van der Waals surface area contributed by atoms with E-state index < -0.39 is 34.2 Å². The fourth-order valence-corrected chi connectivity index (χ4v) is 4.20. The highest BCUT2D eigenvalue weighted by atomic mass is 19.2. The Hall–Kier alpha value is -3.54. The van der Waals surface area contributed by atoms with Crippen LogP contribution < -0.4 is 0 Å². The minimum absolute atomic E-state index is 0.00542. The Morgan fingerprint density at radius 2 is 1.34 bits per heavy atom. The molecule has 1 aromatic heterocycles. The maximum atomic E-state index is 14.8. The fraction of sp³-hybridized carbons (Fsp3) is 0.154. The number of fused-ring (bicyclic) bond motifs is 3. The SMILES string of the molecule is CC(C)(C)c1cc(-c2ncnc3c(F)c(F)c(F)c(F)c23)cc2cc3ccccc3cc12. The molecule has 1 heterocycles. The van der Waals surface area contributed by atoms with Crippen molar-refractivity contribution in [2.75, 3.05) is 0 Å². The van der Waals surface area contributed by atoms with Crippen LogP contribution in [-0.2, 0) is 5.41 Å². The van der Waals surface area contributed by atoms with E-state index in [1.165, 1.54) is 0 Å². The van der Waals surface area contributed by atoms with Crippen LogP contribution in [0.4, 0.5) is 17.6 Å². The largest absolute Gasteiger partial charge is 0.236 e. The third kappa shape index (κ3) is 3.01. The normalized spacial score (nSPS) is 12.2. The van der Waals surface area contributed by atoms with Crippen molar-refractivity contribution in [3.63, 3.8) is 0 Å². The van der Waals surface area contributed by atoms with Gasteiger partial charge in [-0.3, -0.25) is 0 Å². The van der Waals surface area contributed by atoms with E-state index >= 15 is 0 Å². The van der Waals surface area contributed by atoms with Gasteiger partial charge in [0.05, 0.1) is 11.1 Å². The highest BCUT2D eigenvalue weighted by Gasteiger charge is 2.26. The van der Waals surface area contributed by atoms with Gasteiger partial charge < -0.3 is 0 Å². The van der Waals surface area contributed by atoms with Crippen LogP contribution in [0.15, 0.2) is 54.9 Å². The van der Waals surface area contributed by atoms with E-state index in [0.29, 0.717) is 5.56 Å². The van der Waals surface area contributed by atoms with Gasteiger partial charge in [-0.15, -0.1) is 0 Å². The minimum Gasteiger partial charge on any atom is -0.236 e. The van der Waals surface area contributed by atoms with Crippen molar-refractivity contribution in [3.8, 4) is 11.3 Å². The molecule has 0 bridgehead atoms. The maximum Gasteiger partial charge on any atom is 0.199 e. The molecule has 5 aromatic rings. The predicted octanol–water partition coefficient (Wildman–Crippen LogP) is 7.46. The third-order valence-corrected chi connectivity index (χ3v) is 5.75. The molecular formula is C26H18F4N2. The van der Waals surface area contributed by atoms with Crippen LogP contribution in [0.25, 0.3) is 43.7 Å². The first-order valence-corrected chi connectivity index (χ1v) is 10.1. The molecule has 0 saturated carbocycles. The highest BCUT2D eigenvalue weighted by Crippen LogP contribution is 2.39. The fourth-order valence-electron chi connectivity index (χ4n) is 4.20. The zero-order valence-corrected chi connectivity index (χ0v) is 17.6. The summed E-state index contributed by atoms with van der Waals surface area (Å²) in [5, 5.41) is 3.51. The van der Waals surface area contributed by atoms with Gasteiger partial charge in [0, 0.05) is 5.56 Å². The molecule has 0 saturated heterocycles. The van der Waals surface area contributed by atoms with E-state index in [-0.39, 0.29) is 11.1 Å². The summed E-state index contributed by atoms with van der Waals surface area (Å²) < 4.78 is 57.0. The van der Waals surface area contributed by atoms with Gasteiger partial charge in [-0.2, -0.15) is 0 Å². The molecular weight excluding hydrogens is 416 g/mol. The van der Waals surface area contributed by atoms with Gasteiger partial charge in [-0.1, -0.05) is 45.0 Å². The summed E-state index contributed by atoms with van der Waals surface area (Å²) in [7, 11) is 0. The van der Waals surface area contributed by atoms with Gasteiger partial charge in [-0.05, 0) is 56.8 Å². The van der Waals surface area contributed by atoms with Crippen molar-refractivity contribution < 1.29 is 17.6 Å². The molecule has 4 aromatic carbocycles. The second-order valence-electron chi connectivity index (χ2n) is 8.90. The Bertz CT molecular complexity index is 1550. The lowest BCUT2D eigenvalue weighted by molar-refractivity contribution is 0.417. The number of halogens is 4. The Morgan fingerprint density at radius 3 is 2.03 bits per heavy atom. The molecule has 0 unspecified atom stereocenters. The zero-order chi connectivity index (χ0) is 22.8. The Morgan fingerprint density at radius 1 is 0.688 bits per heavy atom. The number of aromatic nitrogens is 2. The molecule has 0 amide bonds. The first-order valence-electron chi connectivity index (χ1n) is 10.1. The monoisotopic (exact) mass is 434 g/mol. The molecule has 0 N–H and O–H groups in total. The zero-order valence-electron chi connectivity index (χ0n) is 17.6. The molecule has 0 spiro atoms. The number of hydrogen-bond donors (Lipinski definition) is 0. The predicted molar refractivity (Wildman–Crippen MR) is 119 cm³/mol. The quantitative estimate of drug-likeness (QED) is 0.118. The van der Waals surface area contributed by atoms with Crippen LogP contribution >= 0.6 is 0 Å². The summed E-state index contributed by atoms with van der Waals surface area (Å²) in [6.45, 7) is 6.15. The van der Waals surface area contributed by atoms with Gasteiger partial charge in [0.25, 0.3) is 0 Å². The summed E-state index contributed by atoms with van der Waals surface area (Å²) >= 11 is 0. The van der Waals surface area contributed by atoms with E-state index in [1.807, 2.05) is 57.2 Å². The van der Waals surface area contributed by atoms with E-state index in [0.717, 1.165) is 33.4 Å². The number of hydrogen-bond acceptors (Lipinski definition) is 2. The lowest BCUT2D eigenvalue weighted by Crippen LogP contribution is -2.12. The van der Waals surface area contributed by atoms with Crippen LogP contribution in [0.1, 0.15) is 26.3 Å². The Labute approximate surface area is 181 Å². The van der Waals surface area contributed by atoms with Crippen LogP contribution in [0.2, 0.25) is 0 Å². The molecule has 6 heteroatoms. The molecule has 0 aliphatic heterocycles. The Balaban J connectivity index is 1.92. The number of nitrogens with zero attached hydrogens (tertiary/aromatic N) is 2. The summed E-state index contributed by atoms with van der Waals surface area (Å²) in [5.74, 6) is -6.82. The van der Waals surface area contributed by atoms with Crippen LogP contribution in [-0.4, -0.2) is 9.97 Å². The van der Waals surface area contributed by atoms with Gasteiger partial charge in [0.15, 0.2) is 23.3 Å². The van der Waals surface area contributed by atoms with Crippen LogP contribution in [0, 0.1) is 23.3 Å². The van der Waals surface area contributed by atoms with Crippen molar-refractivity contribution >= 4 is 32.4 Å². The average molecular weight is 434 g/mol. The third-order valence-electron chi connectivity index (χ3n) is 5.75. The van der Waals surface area contributed by atoms with Crippen LogP contribution in [0.3, 0.4) is 0 Å². The second kappa shape index (κ2) is 6.99. The van der Waals surface area contributed by atoms with Crippen molar-refractivity contribution in [2.24, 2.45) is 0 Å². The topological polar surface area (TPSA) is 25.8 Å². The molecule has 0 aliphatic carbocycles. The molecule has 32 heavy (non-hydrogen) atoms. The van der Waals surface area contributed by atoms with Crippen LogP contribution in [0.5, 0.6) is 0 Å². The summed E-state index contributed by atoms with van der Waals surface area (Å²) in [5.41, 5.74) is 0.550. The van der Waals surface area contributed by atoms with Crippen molar-refractivity contribution in [1.82, 2.24) is 9.97 Å². The summed E-state index contributed by atoms with van der Waals surface area (Å²) in [6, 6.07) is 15.7. The maximum absolute atomic E-state index is 14.8. The Kier molecular flexibility index (Phi) is 4.45. The van der Waals surface area contributed by atoms with E-state index in [9.17, 15) is 17.6 Å². The van der Waals surface area contributed by atoms with E-state index in [4.69, 9.17) is 0 Å². The van der Waals surface area contributed by atoms with Crippen molar-refractivity contribution in [3.05, 3.63) is 83.7 Å². The van der Waals surface area contributed by atoms with E-state index in [1.54, 1.807) is 6.07 Å². The summed E-state index contributed by atoms with van der Waals surface area (Å²) in [6.07, 6.45) is 1.03. The molecule has 0 fully saturated rings. The number of benzene rings is 4. The van der Waals surface area contributed by atoms with Crippen molar-refractivity contribution in [2.45, 2.75) is 26.2 Å². The molecule has 0 aliphatic rings. The molecule has 2 nitrogen and oxygen atoms in total. The smallest absolute Gasteiger partial charge is 0.199 e. The lowest BCUT2D eigenvalue weighted by Gasteiger charge is -2.23. The van der Waals surface area contributed by atoms with Gasteiger partial charge in [-0.25, -0.2) is 27.5 Å². The van der Waals surface area contributed by atoms with Gasteiger partial charge >= 0.3 is 0 Å². The first-order chi connectivity index (χ1) is 15.2. The molecule has 160 valence electrons. The second-order valence-corrected chi connectivity index (χ2v) is 8.90. The standard InChI is InChI=1S/C26H18F4N2/c1-26(2,3)18-11-16(9-15-8-13-6-4-5-7-14(13)10-17(15)18)24-19-20(27)21(28)22(29)23(30)25(19)32-12-31-24/h4-12H,1-3H3. The number of rotatable bonds is 1. The molecule has 0 atom stereocenters. The molecule has 0 radical (unpaired) electrons.